The van der Waals surface area contributed by atoms with Gasteiger partial charge < -0.3 is 20.1 Å². The number of pyridine rings is 1. The minimum atomic E-state index is -3.91. The molecule has 0 aliphatic carbocycles. The first-order valence-electron chi connectivity index (χ1n) is 16.5. The highest BCUT2D eigenvalue weighted by Crippen LogP contribution is 2.38. The molecule has 11 nitrogen and oxygen atoms in total. The van der Waals surface area contributed by atoms with E-state index in [4.69, 9.17) is 32.7 Å². The number of aromatic nitrogens is 1. The number of hydrogen-bond acceptors (Lipinski definition) is 8. The molecule has 3 aromatic rings. The third-order valence-electron chi connectivity index (χ3n) is 9.51. The van der Waals surface area contributed by atoms with Crippen molar-refractivity contribution in [1.82, 2.24) is 19.5 Å². The van der Waals surface area contributed by atoms with E-state index < -0.39 is 45.8 Å². The average Bonchev–Trinajstić information content (AvgIpc) is 3.10. The van der Waals surface area contributed by atoms with Crippen molar-refractivity contribution < 1.29 is 31.9 Å². The van der Waals surface area contributed by atoms with Gasteiger partial charge >= 0.3 is 6.09 Å². The summed E-state index contributed by atoms with van der Waals surface area (Å²) in [6, 6.07) is 11.2. The highest BCUT2D eigenvalue weighted by molar-refractivity contribution is 7.89. The van der Waals surface area contributed by atoms with Crippen LogP contribution in [0.5, 0.6) is 0 Å². The summed E-state index contributed by atoms with van der Waals surface area (Å²) in [5.74, 6) is -1.72. The van der Waals surface area contributed by atoms with Crippen molar-refractivity contribution >= 4 is 50.9 Å². The van der Waals surface area contributed by atoms with Gasteiger partial charge in [0.15, 0.2) is 0 Å². The molecule has 0 spiro atoms. The number of methoxy groups -OCH3 is 1. The Morgan fingerprint density at radius 3 is 2.36 bits per heavy atom. The molecule has 0 saturated carbocycles. The van der Waals surface area contributed by atoms with Crippen molar-refractivity contribution in [2.24, 2.45) is 5.92 Å². The lowest BCUT2D eigenvalue weighted by molar-refractivity contribution is -0.122. The van der Waals surface area contributed by atoms with Crippen molar-refractivity contribution in [2.75, 3.05) is 45.8 Å². The average molecular weight is 751 g/mol. The first-order valence-corrected chi connectivity index (χ1v) is 18.7. The van der Waals surface area contributed by atoms with Gasteiger partial charge in [0.1, 0.15) is 11.9 Å². The molecule has 2 amide bonds. The summed E-state index contributed by atoms with van der Waals surface area (Å²) in [5.41, 5.74) is 1.10. The summed E-state index contributed by atoms with van der Waals surface area (Å²) in [5, 5.41) is 7.10. The maximum absolute atomic E-state index is 15.6. The number of benzene rings is 2. The van der Waals surface area contributed by atoms with Gasteiger partial charge in [0.25, 0.3) is 0 Å². The molecule has 2 saturated heterocycles. The van der Waals surface area contributed by atoms with Crippen molar-refractivity contribution in [3.8, 4) is 0 Å². The summed E-state index contributed by atoms with van der Waals surface area (Å²) in [7, 11) is -1.17. The molecule has 5 rings (SSSR count). The molecular weight excluding hydrogens is 708 g/mol. The van der Waals surface area contributed by atoms with Crippen molar-refractivity contribution in [3.05, 3.63) is 87.9 Å². The zero-order valence-electron chi connectivity index (χ0n) is 28.2. The smallest absolute Gasteiger partial charge is 0.409 e. The van der Waals surface area contributed by atoms with Gasteiger partial charge in [0, 0.05) is 67.0 Å². The number of carbonyl (C=O) groups is 2. The zero-order chi connectivity index (χ0) is 36.0. The van der Waals surface area contributed by atoms with E-state index in [-0.39, 0.29) is 40.9 Å². The number of likely N-dealkylation sites (N-methyl/N-ethyl adjacent to an activating group) is 1. The Morgan fingerprint density at radius 2 is 1.72 bits per heavy atom. The number of amides is 2. The predicted molar refractivity (Wildman–Crippen MR) is 189 cm³/mol. The van der Waals surface area contributed by atoms with Gasteiger partial charge in [-0.3, -0.25) is 14.7 Å². The lowest BCUT2D eigenvalue weighted by atomic mass is 9.76. The Kier molecular flexibility index (Phi) is 12.7. The number of piperazine rings is 1. The van der Waals surface area contributed by atoms with E-state index in [1.165, 1.54) is 53.8 Å². The minimum Gasteiger partial charge on any atom is -0.453 e. The molecule has 2 aliphatic heterocycles. The van der Waals surface area contributed by atoms with Crippen LogP contribution in [0.4, 0.5) is 14.9 Å². The van der Waals surface area contributed by atoms with E-state index in [2.05, 4.69) is 15.6 Å². The minimum absolute atomic E-state index is 0.0350. The van der Waals surface area contributed by atoms with Gasteiger partial charge in [-0.05, 0) is 80.5 Å². The van der Waals surface area contributed by atoms with Gasteiger partial charge in [-0.15, -0.1) is 0 Å². The molecule has 2 aliphatic rings. The molecular formula is C35H42Cl2FN5O6S. The Labute approximate surface area is 302 Å². The van der Waals surface area contributed by atoms with Gasteiger partial charge in [-0.1, -0.05) is 35.3 Å². The third-order valence-corrected chi connectivity index (χ3v) is 12.1. The number of anilines is 1. The number of rotatable bonds is 11. The first kappa shape index (κ1) is 37.9. The molecule has 15 heteroatoms. The highest BCUT2D eigenvalue weighted by atomic mass is 35.5. The topological polar surface area (TPSA) is 130 Å². The molecule has 50 heavy (non-hydrogen) atoms. The van der Waals surface area contributed by atoms with Crippen LogP contribution in [0.25, 0.3) is 0 Å². The quantitative estimate of drug-likeness (QED) is 0.255. The molecule has 2 fully saturated rings. The maximum atomic E-state index is 15.6. The molecule has 270 valence electrons. The predicted octanol–water partition coefficient (Wildman–Crippen LogP) is 5.73. The van der Waals surface area contributed by atoms with Gasteiger partial charge in [0.2, 0.25) is 15.9 Å². The maximum Gasteiger partial charge on any atom is 0.409 e. The van der Waals surface area contributed by atoms with Crippen LogP contribution >= 0.6 is 23.2 Å². The number of hydrogen-bond donors (Lipinski definition) is 2. The number of sulfonamides is 1. The van der Waals surface area contributed by atoms with Crippen LogP contribution in [-0.2, 0) is 30.7 Å². The van der Waals surface area contributed by atoms with E-state index in [9.17, 15) is 18.0 Å². The monoisotopic (exact) mass is 749 g/mol. The van der Waals surface area contributed by atoms with Gasteiger partial charge in [-0.2, -0.15) is 4.31 Å². The molecule has 0 radical (unpaired) electrons. The standard InChI is InChI=1S/C35H42Cl2FN5O6S/c1-22-18-39-19-27(43(22)50(46,47)28-11-8-26(37)9-12-28)10-13-29-30(38)20-40-21-31(29)41-34(44)33(42(2)35(45)48-3)32(24-14-16-49-17-15-24)23-4-6-25(36)7-5-23/h4-9,11-12,20-22,24,27,32-33,39H,10,13-19H2,1-3H3,(H,41,44). The van der Waals surface area contributed by atoms with Gasteiger partial charge in [-0.25, -0.2) is 17.6 Å². The Bertz CT molecular complexity index is 1750. The second-order valence-electron chi connectivity index (χ2n) is 12.7. The van der Waals surface area contributed by atoms with Crippen LogP contribution in [-0.4, -0.2) is 93.2 Å². The van der Waals surface area contributed by atoms with Crippen LogP contribution in [0.2, 0.25) is 10.0 Å². The fraction of sp³-hybridized carbons (Fsp3) is 0.457. The molecule has 4 atom stereocenters. The second kappa shape index (κ2) is 16.8. The molecule has 0 bridgehead atoms. The van der Waals surface area contributed by atoms with E-state index in [0.717, 1.165) is 11.8 Å². The van der Waals surface area contributed by atoms with E-state index in [1.807, 2.05) is 19.1 Å². The van der Waals surface area contributed by atoms with Crippen molar-refractivity contribution in [3.63, 3.8) is 0 Å². The Balaban J connectivity index is 1.44. The fourth-order valence-corrected chi connectivity index (χ4v) is 9.14. The lowest BCUT2D eigenvalue weighted by Crippen LogP contribution is -2.58. The molecule has 2 aromatic carbocycles. The van der Waals surface area contributed by atoms with Crippen molar-refractivity contribution in [2.45, 2.75) is 61.5 Å². The summed E-state index contributed by atoms with van der Waals surface area (Å²) >= 11 is 12.2. The van der Waals surface area contributed by atoms with Gasteiger partial charge in [0.05, 0.1) is 30.1 Å². The molecule has 2 N–H and O–H groups in total. The van der Waals surface area contributed by atoms with Crippen LogP contribution in [0, 0.1) is 11.7 Å². The summed E-state index contributed by atoms with van der Waals surface area (Å²) in [6.45, 7) is 3.63. The number of carbonyl (C=O) groups excluding carboxylic acids is 2. The largest absolute Gasteiger partial charge is 0.453 e. The number of nitrogens with zero attached hydrogens (tertiary/aromatic N) is 3. The van der Waals surface area contributed by atoms with E-state index >= 15 is 4.39 Å². The summed E-state index contributed by atoms with van der Waals surface area (Å²) in [6.07, 6.45) is 3.36. The Hall–Kier alpha value is -3.33. The zero-order valence-corrected chi connectivity index (χ0v) is 30.5. The molecule has 1 aromatic heterocycles. The fourth-order valence-electron chi connectivity index (χ4n) is 7.04. The highest BCUT2D eigenvalue weighted by Gasteiger charge is 2.42. The van der Waals surface area contributed by atoms with E-state index in [0.29, 0.717) is 49.2 Å². The van der Waals surface area contributed by atoms with Crippen molar-refractivity contribution in [1.29, 1.82) is 0 Å². The summed E-state index contributed by atoms with van der Waals surface area (Å²) in [4.78, 5) is 32.8. The van der Waals surface area contributed by atoms with Crippen LogP contribution in [0.3, 0.4) is 0 Å². The first-order chi connectivity index (χ1) is 23.9. The van der Waals surface area contributed by atoms with E-state index in [1.54, 1.807) is 12.1 Å². The number of nitrogens with one attached hydrogen (secondary N) is 2. The molecule has 4 unspecified atom stereocenters. The SMILES string of the molecule is COC(=O)N(C)C(C(=O)Nc1cncc(F)c1CCC1CNCC(C)N1S(=O)(=O)c1ccc(Cl)cc1)C(c1ccc(Cl)cc1)C1CCOCC1. The summed E-state index contributed by atoms with van der Waals surface area (Å²) < 4.78 is 55.3. The van der Waals surface area contributed by atoms with Crippen LogP contribution in [0.15, 0.2) is 65.8 Å². The normalized spacial score (nSPS) is 20.1. The second-order valence-corrected chi connectivity index (χ2v) is 15.4. The number of halogens is 3. The Morgan fingerprint density at radius 1 is 1.08 bits per heavy atom. The molecule has 3 heterocycles. The lowest BCUT2D eigenvalue weighted by Gasteiger charge is -2.40. The third kappa shape index (κ3) is 8.58. The number of ether oxygens (including phenoxy) is 2. The van der Waals surface area contributed by atoms with Crippen LogP contribution < -0.4 is 10.6 Å². The van der Waals surface area contributed by atoms with Crippen LogP contribution in [0.1, 0.15) is 43.2 Å².